The van der Waals surface area contributed by atoms with E-state index in [1.54, 1.807) is 6.07 Å². The number of amides is 1. The number of hydrogen-bond acceptors (Lipinski definition) is 2. The minimum Gasteiger partial charge on any atom is -0.348 e. The van der Waals surface area contributed by atoms with Crippen molar-refractivity contribution in [1.29, 1.82) is 0 Å². The number of aromatic nitrogens is 2. The number of fused-ring (bicyclic) bond motifs is 1. The van der Waals surface area contributed by atoms with Crippen molar-refractivity contribution in [3.63, 3.8) is 0 Å². The third-order valence-electron chi connectivity index (χ3n) is 5.35. The average Bonchev–Trinajstić information content (AvgIpc) is 3.40. The summed E-state index contributed by atoms with van der Waals surface area (Å²) in [6.07, 6.45) is 6.10. The van der Waals surface area contributed by atoms with E-state index in [2.05, 4.69) is 21.8 Å². The van der Waals surface area contributed by atoms with E-state index in [9.17, 15) is 9.59 Å². The fraction of sp³-hybridized carbons (Fsp3) is 0.364. The van der Waals surface area contributed by atoms with E-state index in [0.29, 0.717) is 22.6 Å². The molecule has 0 bridgehead atoms. The van der Waals surface area contributed by atoms with Crippen molar-refractivity contribution in [3.8, 4) is 0 Å². The van der Waals surface area contributed by atoms with Gasteiger partial charge < -0.3 is 14.9 Å². The first-order valence-electron chi connectivity index (χ1n) is 9.88. The van der Waals surface area contributed by atoms with Crippen molar-refractivity contribution < 1.29 is 4.79 Å². The van der Waals surface area contributed by atoms with Crippen LogP contribution < -0.4 is 16.3 Å². The highest BCUT2D eigenvalue weighted by Crippen LogP contribution is 2.38. The number of benzene rings is 1. The van der Waals surface area contributed by atoms with Gasteiger partial charge in [-0.15, -0.1) is 0 Å². The molecule has 2 aromatic heterocycles. The summed E-state index contributed by atoms with van der Waals surface area (Å²) in [5.74, 6) is -0.215. The van der Waals surface area contributed by atoms with Crippen LogP contribution in [0.2, 0.25) is 0 Å². The summed E-state index contributed by atoms with van der Waals surface area (Å²) < 4.78 is 2.20. The van der Waals surface area contributed by atoms with Crippen LogP contribution in [0.5, 0.6) is 0 Å². The van der Waals surface area contributed by atoms with E-state index in [1.165, 1.54) is 0 Å². The topological polar surface area (TPSA) is 66.9 Å². The maximum absolute atomic E-state index is 12.9. The van der Waals surface area contributed by atoms with E-state index in [0.717, 1.165) is 47.8 Å². The van der Waals surface area contributed by atoms with Crippen molar-refractivity contribution in [2.75, 3.05) is 0 Å². The molecule has 0 saturated heterocycles. The summed E-state index contributed by atoms with van der Waals surface area (Å²) in [4.78, 5) is 28.2. The molecule has 0 unspecified atom stereocenters. The van der Waals surface area contributed by atoms with Gasteiger partial charge in [-0.1, -0.05) is 24.9 Å². The Morgan fingerprint density at radius 2 is 2.11 bits per heavy atom. The molecule has 0 atom stereocenters. The lowest BCUT2D eigenvalue weighted by Crippen LogP contribution is -2.29. The number of carbonyl (C=O) groups is 1. The van der Waals surface area contributed by atoms with Crippen molar-refractivity contribution >= 4 is 30.1 Å². The molecule has 1 saturated carbocycles. The van der Waals surface area contributed by atoms with Gasteiger partial charge >= 0.3 is 0 Å². The Hall–Kier alpha value is -2.76. The van der Waals surface area contributed by atoms with Crippen LogP contribution in [0.1, 0.15) is 59.4 Å². The zero-order valence-electron chi connectivity index (χ0n) is 16.3. The smallest absolute Gasteiger partial charge is 0.253 e. The summed E-state index contributed by atoms with van der Waals surface area (Å²) in [6, 6.07) is 8.11. The van der Waals surface area contributed by atoms with Gasteiger partial charge in [-0.3, -0.25) is 9.59 Å². The predicted molar refractivity (Wildman–Crippen MR) is 113 cm³/mol. The Morgan fingerprint density at radius 3 is 2.82 bits per heavy atom. The molecule has 28 heavy (non-hydrogen) atoms. The van der Waals surface area contributed by atoms with E-state index in [1.807, 2.05) is 31.3 Å². The van der Waals surface area contributed by atoms with Gasteiger partial charge in [0.25, 0.3) is 11.5 Å². The molecule has 1 aromatic carbocycles. The molecule has 2 N–H and O–H groups in total. The quantitative estimate of drug-likeness (QED) is 0.653. The fourth-order valence-electron chi connectivity index (χ4n) is 3.88. The molecule has 6 heteroatoms. The molecule has 5 nitrogen and oxygen atoms in total. The number of H-pyrrole nitrogens is 1. The van der Waals surface area contributed by atoms with Crippen molar-refractivity contribution in [2.24, 2.45) is 0 Å². The highest BCUT2D eigenvalue weighted by Gasteiger charge is 2.25. The number of carbonyl (C=O) groups excluding carboxylic acids is 1. The third kappa shape index (κ3) is 3.51. The Morgan fingerprint density at radius 1 is 1.32 bits per heavy atom. The molecule has 2 heterocycles. The normalized spacial score (nSPS) is 13.8. The number of nitrogens with zero attached hydrogens (tertiary/aromatic N) is 1. The first-order chi connectivity index (χ1) is 13.5. The van der Waals surface area contributed by atoms with Gasteiger partial charge in [0.15, 0.2) is 0 Å². The number of rotatable bonds is 6. The summed E-state index contributed by atoms with van der Waals surface area (Å²) in [6.45, 7) is 4.15. The second-order valence-corrected chi connectivity index (χ2v) is 7.67. The number of hydrogen-bond donors (Lipinski definition) is 2. The Labute approximate surface area is 165 Å². The van der Waals surface area contributed by atoms with E-state index in [-0.39, 0.29) is 18.0 Å². The lowest BCUT2D eigenvalue weighted by molar-refractivity contribution is 0.0952. The predicted octanol–water partition coefficient (Wildman–Crippen LogP) is 2.65. The Kier molecular flexibility index (Phi) is 4.88. The van der Waals surface area contributed by atoms with Gasteiger partial charge in [0.1, 0.15) is 7.85 Å². The molecule has 0 spiro atoms. The molecule has 3 aromatic rings. The molecule has 1 fully saturated rings. The number of aromatic amines is 1. The van der Waals surface area contributed by atoms with E-state index < -0.39 is 0 Å². The first kappa shape index (κ1) is 18.6. The molecule has 1 aliphatic carbocycles. The molecule has 0 aliphatic heterocycles. The molecule has 1 amide bonds. The van der Waals surface area contributed by atoms with Crippen LogP contribution >= 0.6 is 0 Å². The van der Waals surface area contributed by atoms with Gasteiger partial charge in [0.05, 0.1) is 0 Å². The highest BCUT2D eigenvalue weighted by molar-refractivity contribution is 6.34. The zero-order valence-corrected chi connectivity index (χ0v) is 16.3. The van der Waals surface area contributed by atoms with Crippen molar-refractivity contribution in [2.45, 2.75) is 52.1 Å². The van der Waals surface area contributed by atoms with Crippen molar-refractivity contribution in [1.82, 2.24) is 14.9 Å². The van der Waals surface area contributed by atoms with Crippen LogP contribution in [0.4, 0.5) is 0 Å². The van der Waals surface area contributed by atoms with Gasteiger partial charge in [-0.2, -0.15) is 0 Å². The maximum atomic E-state index is 12.9. The second kappa shape index (κ2) is 7.34. The third-order valence-corrected chi connectivity index (χ3v) is 5.35. The highest BCUT2D eigenvalue weighted by atomic mass is 16.1. The minimum atomic E-state index is -0.215. The summed E-state index contributed by atoms with van der Waals surface area (Å²) >= 11 is 0. The Bertz CT molecular complexity index is 1110. The minimum absolute atomic E-state index is 0.138. The SMILES string of the molecule is [B]c1cc(C(=O)NCc2c(CCC)cc(C)[nH]c2=O)c2ccn(C3CC3)c2c1. The number of pyridine rings is 1. The second-order valence-electron chi connectivity index (χ2n) is 7.67. The fourth-order valence-corrected chi connectivity index (χ4v) is 3.88. The van der Waals surface area contributed by atoms with Crippen molar-refractivity contribution in [3.05, 3.63) is 63.2 Å². The molecule has 4 rings (SSSR count). The molecule has 1 aliphatic rings. The average molecular weight is 373 g/mol. The van der Waals surface area contributed by atoms with Crippen LogP contribution in [-0.4, -0.2) is 23.3 Å². The first-order valence-corrected chi connectivity index (χ1v) is 9.88. The summed E-state index contributed by atoms with van der Waals surface area (Å²) in [5, 5.41) is 3.82. The molecular weight excluding hydrogens is 349 g/mol. The molecular formula is C22H24BN3O2. The van der Waals surface area contributed by atoms with Gasteiger partial charge in [-0.25, -0.2) is 0 Å². The van der Waals surface area contributed by atoms with E-state index in [4.69, 9.17) is 7.85 Å². The molecule has 142 valence electrons. The van der Waals surface area contributed by atoms with Gasteiger partial charge in [0, 0.05) is 46.5 Å². The lowest BCUT2D eigenvalue weighted by atomic mass is 9.92. The lowest BCUT2D eigenvalue weighted by Gasteiger charge is -2.12. The van der Waals surface area contributed by atoms with E-state index >= 15 is 0 Å². The number of nitrogens with one attached hydrogen (secondary N) is 2. The van der Waals surface area contributed by atoms with Crippen LogP contribution in [0.15, 0.2) is 35.3 Å². The summed E-state index contributed by atoms with van der Waals surface area (Å²) in [5.41, 5.74) is 4.42. The van der Waals surface area contributed by atoms with Crippen LogP contribution in [-0.2, 0) is 13.0 Å². The van der Waals surface area contributed by atoms with Gasteiger partial charge in [-0.05, 0) is 49.9 Å². The van der Waals surface area contributed by atoms with Crippen LogP contribution in [0.25, 0.3) is 10.9 Å². The van der Waals surface area contributed by atoms with Crippen LogP contribution in [0, 0.1) is 6.92 Å². The van der Waals surface area contributed by atoms with Gasteiger partial charge in [0.2, 0.25) is 0 Å². The maximum Gasteiger partial charge on any atom is 0.253 e. The largest absolute Gasteiger partial charge is 0.348 e. The zero-order chi connectivity index (χ0) is 19.8. The number of aryl methyl sites for hydroxylation is 2. The van der Waals surface area contributed by atoms with Crippen LogP contribution in [0.3, 0.4) is 0 Å². The standard InChI is InChI=1S/C22H24BN3O2/c1-3-4-14-9-13(2)25-22(28)19(14)12-24-21(27)18-10-15(23)11-20-17(18)7-8-26(20)16-5-6-16/h7-11,16H,3-6,12H2,1-2H3,(H,24,27)(H,25,28). The summed E-state index contributed by atoms with van der Waals surface area (Å²) in [7, 11) is 6.07. The monoisotopic (exact) mass is 373 g/mol. The Balaban J connectivity index is 1.62. The molecule has 2 radical (unpaired) electrons.